The van der Waals surface area contributed by atoms with E-state index in [1.165, 1.54) is 0 Å². The first-order valence-electron chi connectivity index (χ1n) is 12.9. The highest BCUT2D eigenvalue weighted by Gasteiger charge is 2.23. The van der Waals surface area contributed by atoms with E-state index in [4.69, 9.17) is 21.3 Å². The molecule has 0 radical (unpaired) electrons. The van der Waals surface area contributed by atoms with E-state index < -0.39 is 0 Å². The van der Waals surface area contributed by atoms with E-state index >= 15 is 0 Å². The molecule has 9 heteroatoms. The molecule has 9 nitrogen and oxygen atoms in total. The molecule has 1 fully saturated rings. The molecule has 1 N–H and O–H groups in total. The number of nitrogens with zero attached hydrogens (tertiary/aromatic N) is 7. The molecule has 1 aliphatic rings. The van der Waals surface area contributed by atoms with Crippen molar-refractivity contribution in [2.45, 2.75) is 12.8 Å². The molecular weight excluding hydrogens is 478 g/mol. The molecular formula is C29H29N7O2. The number of piperidine rings is 1. The smallest absolute Gasteiger partial charge is 0.302 e. The van der Waals surface area contributed by atoms with E-state index in [2.05, 4.69) is 33.0 Å². The maximum Gasteiger partial charge on any atom is 0.302 e. The van der Waals surface area contributed by atoms with E-state index in [9.17, 15) is 5.11 Å². The Balaban J connectivity index is 1.44. The molecule has 2 aromatic carbocycles. The van der Waals surface area contributed by atoms with Gasteiger partial charge < -0.3 is 14.7 Å². The second-order valence-corrected chi connectivity index (χ2v) is 9.78. The van der Waals surface area contributed by atoms with E-state index in [1.807, 2.05) is 52.8 Å². The number of likely N-dealkylation sites (tertiary alicyclic amines) is 1. The van der Waals surface area contributed by atoms with Gasteiger partial charge in [-0.15, -0.1) is 0 Å². The molecule has 0 amide bonds. The third kappa shape index (κ3) is 4.49. The predicted molar refractivity (Wildman–Crippen MR) is 146 cm³/mol. The fourth-order valence-corrected chi connectivity index (χ4v) is 5.37. The van der Waals surface area contributed by atoms with Gasteiger partial charge in [0.2, 0.25) is 0 Å². The van der Waals surface area contributed by atoms with E-state index in [0.717, 1.165) is 64.9 Å². The molecule has 4 heterocycles. The number of aromatic nitrogens is 5. The molecule has 3 aromatic heterocycles. The average Bonchev–Trinajstić information content (AvgIpc) is 3.59. The minimum Gasteiger partial charge on any atom is -0.464 e. The molecule has 0 bridgehead atoms. The number of ether oxygens (including phenoxy) is 1. The third-order valence-electron chi connectivity index (χ3n) is 7.29. The number of aliphatic hydroxyl groups excluding tert-OH is 1. The number of hydrogen-bond donors (Lipinski definition) is 1. The van der Waals surface area contributed by atoms with Gasteiger partial charge in [-0.3, -0.25) is 9.08 Å². The Bertz CT molecular complexity index is 1630. The summed E-state index contributed by atoms with van der Waals surface area (Å²) in [6.07, 6.45) is 7.69. The summed E-state index contributed by atoms with van der Waals surface area (Å²) in [5.74, 6) is 0.365. The molecule has 6 rings (SSSR count). The van der Waals surface area contributed by atoms with Crippen molar-refractivity contribution in [1.82, 2.24) is 29.0 Å². The Hall–Kier alpha value is -4.26. The fraction of sp³-hybridized carbons (Fsp3) is 0.310. The molecule has 1 aliphatic heterocycles. The van der Waals surface area contributed by atoms with Crippen LogP contribution < -0.4 is 4.74 Å². The van der Waals surface area contributed by atoms with Crippen LogP contribution in [0.2, 0.25) is 0 Å². The Morgan fingerprint density at radius 3 is 2.82 bits per heavy atom. The molecule has 1 atom stereocenters. The van der Waals surface area contributed by atoms with Crippen LogP contribution >= 0.6 is 0 Å². The van der Waals surface area contributed by atoms with E-state index in [1.54, 1.807) is 6.20 Å². The Morgan fingerprint density at radius 1 is 1.16 bits per heavy atom. The van der Waals surface area contributed by atoms with Gasteiger partial charge in [0.05, 0.1) is 42.8 Å². The monoisotopic (exact) mass is 507 g/mol. The summed E-state index contributed by atoms with van der Waals surface area (Å²) in [4.78, 5) is 15.6. The van der Waals surface area contributed by atoms with Crippen LogP contribution in [0.3, 0.4) is 0 Å². The minimum absolute atomic E-state index is 0.173. The molecule has 0 aliphatic carbocycles. The maximum absolute atomic E-state index is 9.34. The molecule has 0 unspecified atom stereocenters. The van der Waals surface area contributed by atoms with Crippen molar-refractivity contribution in [3.63, 3.8) is 0 Å². The van der Waals surface area contributed by atoms with Gasteiger partial charge in [-0.1, -0.05) is 30.3 Å². The van der Waals surface area contributed by atoms with Crippen LogP contribution in [0.1, 0.15) is 12.8 Å². The zero-order valence-corrected chi connectivity index (χ0v) is 21.3. The Kier molecular flexibility index (Phi) is 6.50. The standard InChI is InChI=1S/C29H29N7O2/c1-30-24-8-5-21(6-9-24)27-26(22-7-10-25-23(16-22)17-32-34(25)2)28-31-11-13-36(28)29(33-27)38-19-20-4-3-12-35(18-20)14-15-37/h5-11,13,16-17,20,37H,3-4,12,14-15,18-19H2,2H3/t20-/m1/s1. The molecule has 0 saturated carbocycles. The number of imidazole rings is 1. The molecule has 38 heavy (non-hydrogen) atoms. The largest absolute Gasteiger partial charge is 0.464 e. The van der Waals surface area contributed by atoms with Crippen LogP contribution in [0.25, 0.3) is 43.8 Å². The first-order chi connectivity index (χ1) is 18.6. The van der Waals surface area contributed by atoms with Crippen molar-refractivity contribution in [3.8, 4) is 28.4 Å². The highest BCUT2D eigenvalue weighted by molar-refractivity contribution is 5.94. The van der Waals surface area contributed by atoms with Crippen LogP contribution in [-0.4, -0.2) is 67.0 Å². The maximum atomic E-state index is 9.34. The quantitative estimate of drug-likeness (QED) is 0.325. The lowest BCUT2D eigenvalue weighted by Gasteiger charge is -2.32. The summed E-state index contributed by atoms with van der Waals surface area (Å²) >= 11 is 0. The van der Waals surface area contributed by atoms with Crippen molar-refractivity contribution in [2.75, 3.05) is 32.8 Å². The number of hydrogen-bond acceptors (Lipinski definition) is 6. The number of aryl methyl sites for hydroxylation is 1. The summed E-state index contributed by atoms with van der Waals surface area (Å²) in [6, 6.07) is 14.2. The topological polar surface area (TPSA) is 85.1 Å². The lowest BCUT2D eigenvalue weighted by molar-refractivity contribution is 0.107. The number of fused-ring (bicyclic) bond motifs is 2. The third-order valence-corrected chi connectivity index (χ3v) is 7.29. The van der Waals surface area contributed by atoms with E-state index in [-0.39, 0.29) is 6.61 Å². The average molecular weight is 508 g/mol. The van der Waals surface area contributed by atoms with Crippen molar-refractivity contribution < 1.29 is 9.84 Å². The molecule has 192 valence electrons. The minimum atomic E-state index is 0.173. The van der Waals surface area contributed by atoms with E-state index in [0.29, 0.717) is 30.8 Å². The summed E-state index contributed by atoms with van der Waals surface area (Å²) in [6.45, 7) is 10.7. The summed E-state index contributed by atoms with van der Waals surface area (Å²) in [7, 11) is 1.93. The van der Waals surface area contributed by atoms with Gasteiger partial charge in [0.1, 0.15) is 0 Å². The predicted octanol–water partition coefficient (Wildman–Crippen LogP) is 4.58. The number of aliphatic hydroxyl groups is 1. The van der Waals surface area contributed by atoms with Crippen LogP contribution in [-0.2, 0) is 7.05 Å². The summed E-state index contributed by atoms with van der Waals surface area (Å²) < 4.78 is 10.1. The van der Waals surface area contributed by atoms with Crippen LogP contribution in [0.4, 0.5) is 5.69 Å². The van der Waals surface area contributed by atoms with Crippen molar-refractivity contribution in [1.29, 1.82) is 0 Å². The van der Waals surface area contributed by atoms with Gasteiger partial charge >= 0.3 is 6.01 Å². The van der Waals surface area contributed by atoms with Crippen molar-refractivity contribution in [3.05, 3.63) is 72.5 Å². The molecule has 5 aromatic rings. The number of rotatable bonds is 7. The highest BCUT2D eigenvalue weighted by Crippen LogP contribution is 2.37. The normalized spacial score (nSPS) is 16.2. The molecule has 0 spiro atoms. The second-order valence-electron chi connectivity index (χ2n) is 9.78. The number of benzene rings is 2. The molecule has 1 saturated heterocycles. The second kappa shape index (κ2) is 10.2. The van der Waals surface area contributed by atoms with Gasteiger partial charge in [-0.2, -0.15) is 10.1 Å². The van der Waals surface area contributed by atoms with Gasteiger partial charge in [0.25, 0.3) is 0 Å². The van der Waals surface area contributed by atoms with Gasteiger partial charge in [0, 0.05) is 43.8 Å². The van der Waals surface area contributed by atoms with Crippen molar-refractivity contribution >= 4 is 22.2 Å². The van der Waals surface area contributed by atoms with Crippen LogP contribution in [0.5, 0.6) is 6.01 Å². The highest BCUT2D eigenvalue weighted by atomic mass is 16.5. The van der Waals surface area contributed by atoms with Gasteiger partial charge in [-0.25, -0.2) is 9.83 Å². The van der Waals surface area contributed by atoms with Gasteiger partial charge in [-0.05, 0) is 42.6 Å². The summed E-state index contributed by atoms with van der Waals surface area (Å²) in [5.41, 5.74) is 5.91. The number of β-amino-alcohol motifs (C(OH)–C–C–N with tert-alkyl or cyclic N) is 1. The zero-order valence-electron chi connectivity index (χ0n) is 21.3. The van der Waals surface area contributed by atoms with Crippen LogP contribution in [0, 0.1) is 12.5 Å². The zero-order chi connectivity index (χ0) is 26.1. The van der Waals surface area contributed by atoms with Crippen molar-refractivity contribution in [2.24, 2.45) is 13.0 Å². The van der Waals surface area contributed by atoms with Crippen LogP contribution in [0.15, 0.2) is 61.1 Å². The summed E-state index contributed by atoms with van der Waals surface area (Å²) in [5, 5.41) is 14.8. The lowest BCUT2D eigenvalue weighted by Crippen LogP contribution is -2.39. The fourth-order valence-electron chi connectivity index (χ4n) is 5.37. The lowest BCUT2D eigenvalue weighted by atomic mass is 9.98. The SMILES string of the molecule is [C-]#[N+]c1ccc(-c2nc(OC[C@@H]3CCCN(CCO)C3)n3ccnc3c2-c2ccc3c(cnn3C)c2)cc1. The Morgan fingerprint density at radius 2 is 2.00 bits per heavy atom. The van der Waals surface area contributed by atoms with Gasteiger partial charge in [0.15, 0.2) is 11.3 Å². The Labute approximate surface area is 220 Å². The first kappa shape index (κ1) is 24.1. The first-order valence-corrected chi connectivity index (χ1v) is 12.9.